The summed E-state index contributed by atoms with van der Waals surface area (Å²) in [4.78, 5) is 36.4. The summed E-state index contributed by atoms with van der Waals surface area (Å²) in [5.74, 6) is -1.56. The first kappa shape index (κ1) is 18.9. The minimum Gasteiger partial charge on any atom is -0.481 e. The molecule has 1 aliphatic carbocycles. The molecule has 0 saturated heterocycles. The van der Waals surface area contributed by atoms with E-state index in [2.05, 4.69) is 10.6 Å². The van der Waals surface area contributed by atoms with Crippen molar-refractivity contribution in [3.05, 3.63) is 35.5 Å². The normalized spacial score (nSPS) is 19.9. The van der Waals surface area contributed by atoms with Crippen LogP contribution in [0.1, 0.15) is 25.7 Å². The maximum atomic E-state index is 12.6. The lowest BCUT2D eigenvalue weighted by atomic mass is 9.88. The molecule has 1 aromatic carbocycles. The number of carbonyl (C=O) groups is 3. The second kappa shape index (κ2) is 8.22. The van der Waals surface area contributed by atoms with Crippen molar-refractivity contribution in [3.63, 3.8) is 0 Å². The van der Waals surface area contributed by atoms with Crippen LogP contribution in [0.4, 0.5) is 11.4 Å². The second-order valence-corrected chi connectivity index (χ2v) is 6.84. The number of fused-ring (bicyclic) bond motifs is 1. The molecule has 1 heterocycles. The summed E-state index contributed by atoms with van der Waals surface area (Å²) in [7, 11) is 0. The Kier molecular flexibility index (Phi) is 5.75. The molecule has 2 unspecified atom stereocenters. The molecule has 27 heavy (non-hydrogen) atoms. The molecular formula is C19H24N4O4. The molecule has 1 amide bonds. The van der Waals surface area contributed by atoms with Gasteiger partial charge in [0.15, 0.2) is 0 Å². The fraction of sp³-hybridized carbons (Fsp3) is 0.421. The van der Waals surface area contributed by atoms with Gasteiger partial charge in [0, 0.05) is 12.2 Å². The molecule has 5 N–H and O–H groups in total. The van der Waals surface area contributed by atoms with E-state index in [0.29, 0.717) is 12.8 Å². The molecule has 0 bridgehead atoms. The fourth-order valence-electron chi connectivity index (χ4n) is 3.46. The van der Waals surface area contributed by atoms with Gasteiger partial charge in [-0.2, -0.15) is 0 Å². The maximum Gasteiger partial charge on any atom is 0.305 e. The Labute approximate surface area is 157 Å². The number of aldehydes is 1. The SMILES string of the molecule is NC1CNc2ccccc2N(CC(=O)NC(C=O)CC(=O)O)C1=C1CCC1. The Morgan fingerprint density at radius 3 is 2.74 bits per heavy atom. The van der Waals surface area contributed by atoms with Gasteiger partial charge in [-0.05, 0) is 37.0 Å². The molecule has 1 aromatic rings. The van der Waals surface area contributed by atoms with Crippen molar-refractivity contribution < 1.29 is 19.5 Å². The molecule has 2 atom stereocenters. The lowest BCUT2D eigenvalue weighted by molar-refractivity contribution is -0.138. The van der Waals surface area contributed by atoms with Gasteiger partial charge in [-0.1, -0.05) is 12.1 Å². The van der Waals surface area contributed by atoms with Crippen molar-refractivity contribution in [2.75, 3.05) is 23.3 Å². The average molecular weight is 372 g/mol. The number of carboxylic acids is 1. The van der Waals surface area contributed by atoms with E-state index in [1.54, 1.807) is 0 Å². The van der Waals surface area contributed by atoms with Crippen molar-refractivity contribution in [2.45, 2.75) is 37.8 Å². The van der Waals surface area contributed by atoms with Gasteiger partial charge >= 0.3 is 5.97 Å². The largest absolute Gasteiger partial charge is 0.481 e. The van der Waals surface area contributed by atoms with Crippen molar-refractivity contribution >= 4 is 29.5 Å². The highest BCUT2D eigenvalue weighted by Gasteiger charge is 2.30. The van der Waals surface area contributed by atoms with Crippen LogP contribution in [0.25, 0.3) is 0 Å². The predicted octanol–water partition coefficient (Wildman–Crippen LogP) is 0.842. The number of benzene rings is 1. The number of amides is 1. The van der Waals surface area contributed by atoms with Gasteiger partial charge < -0.3 is 31.2 Å². The molecule has 1 fully saturated rings. The average Bonchev–Trinajstić information content (AvgIpc) is 2.72. The Hall–Kier alpha value is -2.87. The number of rotatable bonds is 6. The first-order valence-corrected chi connectivity index (χ1v) is 9.04. The molecule has 0 spiro atoms. The van der Waals surface area contributed by atoms with E-state index < -0.39 is 24.3 Å². The highest BCUT2D eigenvalue weighted by atomic mass is 16.4. The van der Waals surface area contributed by atoms with E-state index in [4.69, 9.17) is 10.8 Å². The first-order valence-electron chi connectivity index (χ1n) is 9.04. The van der Waals surface area contributed by atoms with Crippen LogP contribution >= 0.6 is 0 Å². The number of anilines is 2. The highest BCUT2D eigenvalue weighted by Crippen LogP contribution is 2.38. The van der Waals surface area contributed by atoms with Crippen LogP contribution in [-0.4, -0.2) is 48.4 Å². The third-order valence-corrected chi connectivity index (χ3v) is 4.88. The van der Waals surface area contributed by atoms with Crippen LogP contribution in [0.3, 0.4) is 0 Å². The molecule has 1 aliphatic heterocycles. The molecule has 3 rings (SSSR count). The summed E-state index contributed by atoms with van der Waals surface area (Å²) < 4.78 is 0. The standard InChI is InChI=1S/C19H24N4O4/c20-14-9-21-15-6-1-2-7-16(15)23(19(14)12-4-3-5-12)10-17(25)22-13(11-24)8-18(26)27/h1-2,6-7,11,13-14,21H,3-5,8-10,20H2,(H,22,25)(H,26,27). The monoisotopic (exact) mass is 372 g/mol. The van der Waals surface area contributed by atoms with Crippen LogP contribution in [0.2, 0.25) is 0 Å². The number of nitrogens with two attached hydrogens (primary N) is 1. The number of carbonyl (C=O) groups excluding carboxylic acids is 2. The maximum absolute atomic E-state index is 12.6. The number of hydrogen-bond donors (Lipinski definition) is 4. The molecule has 0 radical (unpaired) electrons. The van der Waals surface area contributed by atoms with E-state index in [9.17, 15) is 14.4 Å². The van der Waals surface area contributed by atoms with Crippen molar-refractivity contribution in [3.8, 4) is 0 Å². The van der Waals surface area contributed by atoms with E-state index in [-0.39, 0.29) is 12.6 Å². The molecular weight excluding hydrogens is 348 g/mol. The summed E-state index contributed by atoms with van der Waals surface area (Å²) >= 11 is 0. The van der Waals surface area contributed by atoms with Crippen LogP contribution in [0, 0.1) is 0 Å². The van der Waals surface area contributed by atoms with Crippen molar-refractivity contribution in [2.24, 2.45) is 5.73 Å². The quantitative estimate of drug-likeness (QED) is 0.545. The van der Waals surface area contributed by atoms with Gasteiger partial charge in [0.25, 0.3) is 0 Å². The molecule has 1 saturated carbocycles. The number of allylic oxidation sites excluding steroid dienone is 1. The molecule has 144 valence electrons. The van der Waals surface area contributed by atoms with Gasteiger partial charge in [-0.15, -0.1) is 0 Å². The van der Waals surface area contributed by atoms with Gasteiger partial charge in [0.2, 0.25) is 5.91 Å². The van der Waals surface area contributed by atoms with Crippen molar-refractivity contribution in [1.82, 2.24) is 5.32 Å². The van der Waals surface area contributed by atoms with Crippen LogP contribution < -0.4 is 21.3 Å². The predicted molar refractivity (Wildman–Crippen MR) is 101 cm³/mol. The summed E-state index contributed by atoms with van der Waals surface area (Å²) in [6.07, 6.45) is 3.02. The Morgan fingerprint density at radius 2 is 2.11 bits per heavy atom. The topological polar surface area (TPSA) is 125 Å². The summed E-state index contributed by atoms with van der Waals surface area (Å²) in [5, 5.41) is 14.7. The molecule has 2 aliphatic rings. The highest BCUT2D eigenvalue weighted by molar-refractivity contribution is 5.88. The molecule has 8 nitrogen and oxygen atoms in total. The Balaban J connectivity index is 1.88. The van der Waals surface area contributed by atoms with Crippen molar-refractivity contribution in [1.29, 1.82) is 0 Å². The third kappa shape index (κ3) is 4.28. The Bertz CT molecular complexity index is 771. The number of hydrogen-bond acceptors (Lipinski definition) is 6. The minimum absolute atomic E-state index is 0.0326. The zero-order chi connectivity index (χ0) is 19.4. The van der Waals surface area contributed by atoms with Gasteiger partial charge in [0.05, 0.1) is 29.9 Å². The smallest absolute Gasteiger partial charge is 0.305 e. The van der Waals surface area contributed by atoms with Gasteiger partial charge in [-0.3, -0.25) is 9.59 Å². The summed E-state index contributed by atoms with van der Waals surface area (Å²) in [6, 6.07) is 6.34. The molecule has 0 aromatic heterocycles. The number of para-hydroxylation sites is 2. The van der Waals surface area contributed by atoms with Gasteiger partial charge in [-0.25, -0.2) is 0 Å². The van der Waals surface area contributed by atoms with Gasteiger partial charge in [0.1, 0.15) is 12.8 Å². The zero-order valence-electron chi connectivity index (χ0n) is 15.0. The van der Waals surface area contributed by atoms with E-state index in [1.807, 2.05) is 29.2 Å². The van der Waals surface area contributed by atoms with Crippen LogP contribution in [0.15, 0.2) is 35.5 Å². The van der Waals surface area contributed by atoms with E-state index >= 15 is 0 Å². The fourth-order valence-corrected chi connectivity index (χ4v) is 3.46. The second-order valence-electron chi connectivity index (χ2n) is 6.84. The number of carboxylic acid groups (broad SMARTS) is 1. The van der Waals surface area contributed by atoms with E-state index in [0.717, 1.165) is 36.3 Å². The third-order valence-electron chi connectivity index (χ3n) is 4.88. The van der Waals surface area contributed by atoms with E-state index in [1.165, 1.54) is 5.57 Å². The Morgan fingerprint density at radius 1 is 1.37 bits per heavy atom. The lowest BCUT2D eigenvalue weighted by Crippen LogP contribution is -2.46. The summed E-state index contributed by atoms with van der Waals surface area (Å²) in [5.41, 5.74) is 10.3. The molecule has 8 heteroatoms. The number of nitrogens with zero attached hydrogens (tertiary/aromatic N) is 1. The van der Waals surface area contributed by atoms with Crippen LogP contribution in [-0.2, 0) is 14.4 Å². The minimum atomic E-state index is -1.14. The number of nitrogens with one attached hydrogen (secondary N) is 2. The summed E-state index contributed by atoms with van der Waals surface area (Å²) in [6.45, 7) is 0.527. The number of aliphatic carboxylic acids is 1. The zero-order valence-corrected chi connectivity index (χ0v) is 15.0. The lowest BCUT2D eigenvalue weighted by Gasteiger charge is -2.34. The van der Waals surface area contributed by atoms with Crippen LogP contribution in [0.5, 0.6) is 0 Å². The first-order chi connectivity index (χ1) is 13.0.